The number of nitrogens with one attached hydrogen (secondary N) is 3. The molecule has 0 fully saturated rings. The summed E-state index contributed by atoms with van der Waals surface area (Å²) in [7, 11) is -3.68. The van der Waals surface area contributed by atoms with Crippen molar-refractivity contribution in [3.8, 4) is 0 Å². The Morgan fingerprint density at radius 2 is 1.52 bits per heavy atom. The summed E-state index contributed by atoms with van der Waals surface area (Å²) in [5.74, 6) is 0. The van der Waals surface area contributed by atoms with Gasteiger partial charge in [0.2, 0.25) is 0 Å². The zero-order valence-electron chi connectivity index (χ0n) is 15.9. The fourth-order valence-electron chi connectivity index (χ4n) is 2.62. The molecule has 29 heavy (non-hydrogen) atoms. The van der Waals surface area contributed by atoms with Gasteiger partial charge in [0, 0.05) is 16.4 Å². The molecular weight excluding hydrogens is 426 g/mol. The van der Waals surface area contributed by atoms with Crippen LogP contribution in [0.3, 0.4) is 0 Å². The maximum Gasteiger partial charge on any atom is 0.261 e. The third-order valence-corrected chi connectivity index (χ3v) is 6.08. The van der Waals surface area contributed by atoms with Gasteiger partial charge in [-0.15, -0.1) is 0 Å². The van der Waals surface area contributed by atoms with Crippen LogP contribution in [0.15, 0.2) is 71.6 Å². The van der Waals surface area contributed by atoms with Crippen LogP contribution < -0.4 is 15.4 Å². The molecule has 0 atom stereocenters. The first-order valence-electron chi connectivity index (χ1n) is 8.77. The molecule has 150 valence electrons. The van der Waals surface area contributed by atoms with Gasteiger partial charge in [0.05, 0.1) is 10.6 Å². The standard InChI is InChI=1S/C21H20ClN3O2S2/c1-14-5-3-4-6-19(14)25-29(26,27)18-11-9-17(10-12-18)23-21(28)24-20-13-16(22)8-7-15(20)2/h3-13,25H,1-2H3,(H2,23,24,28). The van der Waals surface area contributed by atoms with Gasteiger partial charge in [-0.2, -0.15) is 0 Å². The molecule has 0 saturated carbocycles. The van der Waals surface area contributed by atoms with Crippen molar-refractivity contribution >= 4 is 56.0 Å². The van der Waals surface area contributed by atoms with E-state index in [-0.39, 0.29) is 4.90 Å². The highest BCUT2D eigenvalue weighted by Gasteiger charge is 2.15. The fourth-order valence-corrected chi connectivity index (χ4v) is 4.15. The minimum Gasteiger partial charge on any atom is -0.332 e. The number of thiocarbonyl (C=S) groups is 1. The number of benzene rings is 3. The van der Waals surface area contributed by atoms with Crippen molar-refractivity contribution in [2.45, 2.75) is 18.7 Å². The molecule has 3 rings (SSSR count). The van der Waals surface area contributed by atoms with Crippen molar-refractivity contribution in [3.63, 3.8) is 0 Å². The van der Waals surface area contributed by atoms with Gasteiger partial charge in [-0.25, -0.2) is 8.42 Å². The molecule has 0 saturated heterocycles. The van der Waals surface area contributed by atoms with Crippen LogP contribution in [-0.2, 0) is 10.0 Å². The molecule has 0 aromatic heterocycles. The highest BCUT2D eigenvalue weighted by Crippen LogP contribution is 2.22. The Hall–Kier alpha value is -2.61. The zero-order valence-corrected chi connectivity index (χ0v) is 18.3. The topological polar surface area (TPSA) is 70.2 Å². The first-order chi connectivity index (χ1) is 13.7. The molecule has 3 N–H and O–H groups in total. The van der Waals surface area contributed by atoms with Crippen molar-refractivity contribution in [2.75, 3.05) is 15.4 Å². The van der Waals surface area contributed by atoms with Crippen LogP contribution >= 0.6 is 23.8 Å². The molecule has 0 bridgehead atoms. The molecular formula is C21H20ClN3O2S2. The summed E-state index contributed by atoms with van der Waals surface area (Å²) >= 11 is 11.4. The van der Waals surface area contributed by atoms with Gasteiger partial charge in [0.1, 0.15) is 0 Å². The van der Waals surface area contributed by atoms with Crippen LogP contribution in [0, 0.1) is 13.8 Å². The molecule has 5 nitrogen and oxygen atoms in total. The molecule has 0 heterocycles. The van der Waals surface area contributed by atoms with E-state index in [4.69, 9.17) is 23.8 Å². The van der Waals surface area contributed by atoms with Gasteiger partial charge in [-0.05, 0) is 79.7 Å². The Bertz CT molecular complexity index is 1150. The lowest BCUT2D eigenvalue weighted by molar-refractivity contribution is 0.601. The molecule has 0 aliphatic rings. The third kappa shape index (κ3) is 5.47. The number of rotatable bonds is 5. The summed E-state index contributed by atoms with van der Waals surface area (Å²) in [5, 5.41) is 7.11. The SMILES string of the molecule is Cc1ccc(Cl)cc1NC(=S)Nc1ccc(S(=O)(=O)Nc2ccccc2C)cc1. The summed E-state index contributed by atoms with van der Waals surface area (Å²) in [4.78, 5) is 0.163. The van der Waals surface area contributed by atoms with Crippen LogP contribution in [0.1, 0.15) is 11.1 Å². The Morgan fingerprint density at radius 1 is 0.862 bits per heavy atom. The average molecular weight is 446 g/mol. The Kier molecular flexibility index (Phi) is 6.42. The second-order valence-electron chi connectivity index (χ2n) is 6.48. The maximum absolute atomic E-state index is 12.6. The minimum absolute atomic E-state index is 0.163. The number of hydrogen-bond donors (Lipinski definition) is 3. The van der Waals surface area contributed by atoms with E-state index in [2.05, 4.69) is 15.4 Å². The first kappa shape index (κ1) is 21.1. The van der Waals surface area contributed by atoms with Gasteiger partial charge in [0.15, 0.2) is 5.11 Å². The Balaban J connectivity index is 1.69. The van der Waals surface area contributed by atoms with Crippen LogP contribution in [0.4, 0.5) is 17.1 Å². The van der Waals surface area contributed by atoms with E-state index in [1.807, 2.05) is 38.1 Å². The van der Waals surface area contributed by atoms with Gasteiger partial charge in [0.25, 0.3) is 10.0 Å². The van der Waals surface area contributed by atoms with Crippen molar-refractivity contribution in [2.24, 2.45) is 0 Å². The van der Waals surface area contributed by atoms with Crippen molar-refractivity contribution in [1.82, 2.24) is 0 Å². The zero-order chi connectivity index (χ0) is 21.0. The van der Waals surface area contributed by atoms with Crippen molar-refractivity contribution in [3.05, 3.63) is 82.9 Å². The van der Waals surface area contributed by atoms with E-state index < -0.39 is 10.0 Å². The largest absolute Gasteiger partial charge is 0.332 e. The highest BCUT2D eigenvalue weighted by molar-refractivity contribution is 7.92. The third-order valence-electron chi connectivity index (χ3n) is 4.26. The number of halogens is 1. The number of aryl methyl sites for hydroxylation is 2. The van der Waals surface area contributed by atoms with Crippen LogP contribution in [0.2, 0.25) is 5.02 Å². The monoisotopic (exact) mass is 445 g/mol. The molecule has 0 radical (unpaired) electrons. The van der Waals surface area contributed by atoms with Gasteiger partial charge < -0.3 is 10.6 Å². The molecule has 0 spiro atoms. The van der Waals surface area contributed by atoms with E-state index in [9.17, 15) is 8.42 Å². The van der Waals surface area contributed by atoms with Gasteiger partial charge in [-0.1, -0.05) is 35.9 Å². The molecule has 3 aromatic rings. The predicted octanol–water partition coefficient (Wildman–Crippen LogP) is 5.57. The lowest BCUT2D eigenvalue weighted by Gasteiger charge is -2.14. The van der Waals surface area contributed by atoms with Gasteiger partial charge >= 0.3 is 0 Å². The number of anilines is 3. The molecule has 0 amide bonds. The second kappa shape index (κ2) is 8.82. The summed E-state index contributed by atoms with van der Waals surface area (Å²) in [6.07, 6.45) is 0. The highest BCUT2D eigenvalue weighted by atomic mass is 35.5. The van der Waals surface area contributed by atoms with E-state index in [0.717, 1.165) is 16.8 Å². The number of para-hydroxylation sites is 1. The van der Waals surface area contributed by atoms with Gasteiger partial charge in [-0.3, -0.25) is 4.72 Å². The van der Waals surface area contributed by atoms with Crippen molar-refractivity contribution < 1.29 is 8.42 Å². The van der Waals surface area contributed by atoms with Crippen LogP contribution in [0.5, 0.6) is 0 Å². The summed E-state index contributed by atoms with van der Waals surface area (Å²) in [6.45, 7) is 3.79. The Labute approximate surface area is 181 Å². The number of sulfonamides is 1. The molecule has 0 aliphatic carbocycles. The van der Waals surface area contributed by atoms with E-state index in [0.29, 0.717) is 21.5 Å². The summed E-state index contributed by atoms with van der Waals surface area (Å²) < 4.78 is 27.8. The smallest absolute Gasteiger partial charge is 0.261 e. The van der Waals surface area contributed by atoms with Crippen LogP contribution in [-0.4, -0.2) is 13.5 Å². The average Bonchev–Trinajstić information content (AvgIpc) is 2.67. The molecule has 3 aromatic carbocycles. The van der Waals surface area contributed by atoms with E-state index in [1.54, 1.807) is 30.3 Å². The quantitative estimate of drug-likeness (QED) is 0.448. The summed E-state index contributed by atoms with van der Waals surface area (Å²) in [5.41, 5.74) is 3.87. The lowest BCUT2D eigenvalue weighted by Crippen LogP contribution is -2.19. The normalized spacial score (nSPS) is 11.0. The molecule has 0 aliphatic heterocycles. The summed E-state index contributed by atoms with van der Waals surface area (Å²) in [6, 6.07) is 19.1. The minimum atomic E-state index is -3.68. The molecule has 0 unspecified atom stereocenters. The maximum atomic E-state index is 12.6. The van der Waals surface area contributed by atoms with E-state index >= 15 is 0 Å². The predicted molar refractivity (Wildman–Crippen MR) is 124 cm³/mol. The second-order valence-corrected chi connectivity index (χ2v) is 9.01. The lowest BCUT2D eigenvalue weighted by atomic mass is 10.2. The van der Waals surface area contributed by atoms with Crippen LogP contribution in [0.25, 0.3) is 0 Å². The number of hydrogen-bond acceptors (Lipinski definition) is 3. The first-order valence-corrected chi connectivity index (χ1v) is 11.0. The van der Waals surface area contributed by atoms with Crippen molar-refractivity contribution in [1.29, 1.82) is 0 Å². The Morgan fingerprint density at radius 3 is 2.21 bits per heavy atom. The van der Waals surface area contributed by atoms with E-state index in [1.165, 1.54) is 12.1 Å². The fraction of sp³-hybridized carbons (Fsp3) is 0.0952. The molecule has 8 heteroatoms.